The monoisotopic (exact) mass is 506 g/mol. The predicted molar refractivity (Wildman–Crippen MR) is 140 cm³/mol. The maximum atomic E-state index is 14.0. The lowest BCUT2D eigenvalue weighted by atomic mass is 9.90. The number of carbonyl (C=O) groups excluding carboxylic acids is 1. The maximum absolute atomic E-state index is 14.0. The molecular formula is C27H26N2O4S2. The van der Waals surface area contributed by atoms with Crippen molar-refractivity contribution in [2.24, 2.45) is 0 Å². The van der Waals surface area contributed by atoms with E-state index < -0.39 is 0 Å². The highest BCUT2D eigenvalue weighted by Gasteiger charge is 2.33. The number of Topliss-reactive ketones (excluding diaryl/α,β-unsaturated/α-hetero) is 1. The summed E-state index contributed by atoms with van der Waals surface area (Å²) in [6, 6.07) is 16.5. The van der Waals surface area contributed by atoms with Crippen LogP contribution in [-0.4, -0.2) is 33.8 Å². The van der Waals surface area contributed by atoms with Gasteiger partial charge in [-0.1, -0.05) is 49.0 Å². The van der Waals surface area contributed by atoms with Crippen molar-refractivity contribution in [2.75, 3.05) is 12.9 Å². The Morgan fingerprint density at radius 1 is 1.20 bits per heavy atom. The third-order valence-electron chi connectivity index (χ3n) is 6.49. The van der Waals surface area contributed by atoms with Gasteiger partial charge in [0.2, 0.25) is 0 Å². The van der Waals surface area contributed by atoms with Crippen LogP contribution in [0.1, 0.15) is 41.1 Å². The van der Waals surface area contributed by atoms with Crippen LogP contribution < -0.4 is 10.3 Å². The van der Waals surface area contributed by atoms with E-state index in [4.69, 9.17) is 14.5 Å². The number of fused-ring (bicyclic) bond motifs is 3. The largest absolute Gasteiger partial charge is 0.497 e. The first kappa shape index (κ1) is 23.8. The number of aromatic nitrogens is 2. The van der Waals surface area contributed by atoms with E-state index in [1.54, 1.807) is 23.8 Å². The van der Waals surface area contributed by atoms with Crippen LogP contribution in [0.15, 0.2) is 64.5 Å². The summed E-state index contributed by atoms with van der Waals surface area (Å²) < 4.78 is 13.0. The number of thioether (sulfide) groups is 1. The molecule has 0 amide bonds. The molecule has 8 heteroatoms. The number of methoxy groups -OCH3 is 1. The minimum absolute atomic E-state index is 0.0104. The number of hydrogen-bond acceptors (Lipinski definition) is 7. The summed E-state index contributed by atoms with van der Waals surface area (Å²) in [7, 11) is 1.61. The van der Waals surface area contributed by atoms with Gasteiger partial charge in [-0.2, -0.15) is 0 Å². The molecule has 3 heterocycles. The molecule has 180 valence electrons. The van der Waals surface area contributed by atoms with Gasteiger partial charge in [-0.3, -0.25) is 14.2 Å². The van der Waals surface area contributed by atoms with Crippen LogP contribution in [0.3, 0.4) is 0 Å². The Morgan fingerprint density at radius 2 is 1.94 bits per heavy atom. The summed E-state index contributed by atoms with van der Waals surface area (Å²) in [5, 5.41) is 1.15. The SMILES string of the molecule is CCC1(C)Cc2c(sc3nc(SCC(=O)c4ccccc4)n(-c4ccc(OC)cc4)c(=O)c23)CO1. The van der Waals surface area contributed by atoms with E-state index in [2.05, 4.69) is 13.8 Å². The fraction of sp³-hybridized carbons (Fsp3) is 0.296. The van der Waals surface area contributed by atoms with E-state index in [0.29, 0.717) is 45.4 Å². The van der Waals surface area contributed by atoms with Gasteiger partial charge in [-0.25, -0.2) is 4.98 Å². The minimum atomic E-state index is -0.298. The molecule has 0 saturated heterocycles. The van der Waals surface area contributed by atoms with Crippen molar-refractivity contribution in [1.29, 1.82) is 0 Å². The molecule has 0 fully saturated rings. The smallest absolute Gasteiger partial charge is 0.267 e. The lowest BCUT2D eigenvalue weighted by Gasteiger charge is -2.32. The molecule has 0 N–H and O–H groups in total. The third kappa shape index (κ3) is 4.53. The Kier molecular flexibility index (Phi) is 6.53. The summed E-state index contributed by atoms with van der Waals surface area (Å²) in [6.07, 6.45) is 1.54. The molecule has 4 aromatic rings. The lowest BCUT2D eigenvalue weighted by molar-refractivity contribution is -0.0543. The van der Waals surface area contributed by atoms with Crippen LogP contribution in [0.5, 0.6) is 5.75 Å². The average Bonchev–Trinajstić information content (AvgIpc) is 3.25. The first-order valence-corrected chi connectivity index (χ1v) is 13.3. The van der Waals surface area contributed by atoms with Crippen LogP contribution in [0.25, 0.3) is 15.9 Å². The quantitative estimate of drug-likeness (QED) is 0.183. The van der Waals surface area contributed by atoms with Crippen molar-refractivity contribution < 1.29 is 14.3 Å². The van der Waals surface area contributed by atoms with Crippen LogP contribution in [0.2, 0.25) is 0 Å². The first-order valence-electron chi connectivity index (χ1n) is 11.5. The number of rotatable bonds is 7. The molecule has 0 radical (unpaired) electrons. The molecule has 35 heavy (non-hydrogen) atoms. The van der Waals surface area contributed by atoms with Crippen LogP contribution in [0, 0.1) is 0 Å². The van der Waals surface area contributed by atoms with E-state index in [0.717, 1.165) is 16.9 Å². The fourth-order valence-electron chi connectivity index (χ4n) is 4.22. The van der Waals surface area contributed by atoms with Crippen LogP contribution in [-0.2, 0) is 17.8 Å². The highest BCUT2D eigenvalue weighted by Crippen LogP contribution is 2.39. The number of ketones is 1. The number of thiophene rings is 1. The van der Waals surface area contributed by atoms with Gasteiger partial charge in [0.05, 0.1) is 36.1 Å². The van der Waals surface area contributed by atoms with Gasteiger partial charge in [-0.15, -0.1) is 11.3 Å². The van der Waals surface area contributed by atoms with Gasteiger partial charge in [-0.05, 0) is 43.2 Å². The molecule has 1 aliphatic heterocycles. The molecule has 2 aromatic heterocycles. The van der Waals surface area contributed by atoms with Gasteiger partial charge >= 0.3 is 0 Å². The summed E-state index contributed by atoms with van der Waals surface area (Å²) in [6.45, 7) is 4.68. The van der Waals surface area contributed by atoms with Crippen molar-refractivity contribution in [3.8, 4) is 11.4 Å². The molecule has 1 aliphatic rings. The zero-order valence-corrected chi connectivity index (χ0v) is 21.5. The third-order valence-corrected chi connectivity index (χ3v) is 8.52. The van der Waals surface area contributed by atoms with Crippen molar-refractivity contribution in [2.45, 2.75) is 44.1 Å². The second kappa shape index (κ2) is 9.60. The van der Waals surface area contributed by atoms with Gasteiger partial charge < -0.3 is 9.47 Å². The van der Waals surface area contributed by atoms with E-state index in [1.165, 1.54) is 23.1 Å². The second-order valence-electron chi connectivity index (χ2n) is 8.76. The zero-order chi connectivity index (χ0) is 24.6. The number of ether oxygens (including phenoxy) is 2. The average molecular weight is 507 g/mol. The van der Waals surface area contributed by atoms with Gasteiger partial charge in [0.15, 0.2) is 10.9 Å². The normalized spacial score (nSPS) is 17.3. The lowest BCUT2D eigenvalue weighted by Crippen LogP contribution is -2.34. The number of hydrogen-bond donors (Lipinski definition) is 0. The molecule has 6 nitrogen and oxygen atoms in total. The highest BCUT2D eigenvalue weighted by atomic mass is 32.2. The Labute approximate surface area is 211 Å². The number of nitrogens with zero attached hydrogens (tertiary/aromatic N) is 2. The molecule has 0 bridgehead atoms. The first-order chi connectivity index (χ1) is 16.9. The Morgan fingerprint density at radius 3 is 2.63 bits per heavy atom. The van der Waals surface area contributed by atoms with Crippen LogP contribution >= 0.6 is 23.1 Å². The molecule has 0 spiro atoms. The molecular weight excluding hydrogens is 480 g/mol. The minimum Gasteiger partial charge on any atom is -0.497 e. The zero-order valence-electron chi connectivity index (χ0n) is 19.9. The molecule has 1 unspecified atom stereocenters. The van der Waals surface area contributed by atoms with Gasteiger partial charge in [0.1, 0.15) is 10.6 Å². The highest BCUT2D eigenvalue weighted by molar-refractivity contribution is 7.99. The second-order valence-corrected chi connectivity index (χ2v) is 10.8. The molecule has 1 atom stereocenters. The standard InChI is InChI=1S/C27H26N2O4S2/c1-4-27(2)14-20-22(15-33-27)35-24-23(20)25(31)29(18-10-12-19(32-3)13-11-18)26(28-24)34-16-21(30)17-8-6-5-7-9-17/h5-13H,4,14-16H2,1-3H3. The molecule has 2 aromatic carbocycles. The summed E-state index contributed by atoms with van der Waals surface area (Å²) in [4.78, 5) is 33.5. The van der Waals surface area contributed by atoms with Crippen molar-refractivity contribution >= 4 is 39.1 Å². The summed E-state index contributed by atoms with van der Waals surface area (Å²) in [5.74, 6) is 0.872. The van der Waals surface area contributed by atoms with Crippen molar-refractivity contribution in [1.82, 2.24) is 9.55 Å². The summed E-state index contributed by atoms with van der Waals surface area (Å²) >= 11 is 2.79. The van der Waals surface area contributed by atoms with Crippen LogP contribution in [0.4, 0.5) is 0 Å². The molecule has 5 rings (SSSR count). The van der Waals surface area contributed by atoms with Gasteiger partial charge in [0, 0.05) is 16.9 Å². The summed E-state index contributed by atoms with van der Waals surface area (Å²) in [5.41, 5.74) is 1.95. The molecule has 0 aliphatic carbocycles. The number of carbonyl (C=O) groups is 1. The van der Waals surface area contributed by atoms with Crippen molar-refractivity contribution in [3.05, 3.63) is 81.0 Å². The fourth-order valence-corrected chi connectivity index (χ4v) is 6.27. The Hall–Kier alpha value is -2.94. The Bertz CT molecular complexity index is 1440. The van der Waals surface area contributed by atoms with Gasteiger partial charge in [0.25, 0.3) is 5.56 Å². The van der Waals surface area contributed by atoms with E-state index >= 15 is 0 Å². The predicted octanol–water partition coefficient (Wildman–Crippen LogP) is 5.67. The molecule has 0 saturated carbocycles. The van der Waals surface area contributed by atoms with E-state index in [9.17, 15) is 9.59 Å². The Balaban J connectivity index is 1.62. The number of benzene rings is 2. The van der Waals surface area contributed by atoms with E-state index in [-0.39, 0.29) is 22.7 Å². The van der Waals surface area contributed by atoms with E-state index in [1.807, 2.05) is 42.5 Å². The topological polar surface area (TPSA) is 70.4 Å². The maximum Gasteiger partial charge on any atom is 0.267 e. The van der Waals surface area contributed by atoms with Crippen molar-refractivity contribution in [3.63, 3.8) is 0 Å².